The summed E-state index contributed by atoms with van der Waals surface area (Å²) in [7, 11) is 3.97. The van der Waals surface area contributed by atoms with Gasteiger partial charge in [-0.3, -0.25) is 4.90 Å². The maximum Gasteiger partial charge on any atom is 0.122 e. The molecule has 1 aromatic heterocycles. The van der Waals surface area contributed by atoms with Crippen molar-refractivity contribution in [1.29, 1.82) is 5.26 Å². The molecule has 15 heavy (non-hydrogen) atoms. The van der Waals surface area contributed by atoms with E-state index >= 15 is 0 Å². The highest BCUT2D eigenvalue weighted by molar-refractivity contribution is 4.91. The second-order valence-corrected chi connectivity index (χ2v) is 3.72. The summed E-state index contributed by atoms with van der Waals surface area (Å²) < 4.78 is 1.99. The minimum atomic E-state index is -0.367. The Morgan fingerprint density at radius 2 is 2.47 bits per heavy atom. The van der Waals surface area contributed by atoms with Crippen LogP contribution in [-0.4, -0.2) is 34.1 Å². The van der Waals surface area contributed by atoms with Crippen molar-refractivity contribution in [2.75, 3.05) is 13.6 Å². The quantitative estimate of drug-likeness (QED) is 0.743. The summed E-state index contributed by atoms with van der Waals surface area (Å²) in [6, 6.07) is 1.65. The van der Waals surface area contributed by atoms with Gasteiger partial charge in [0.05, 0.1) is 18.7 Å². The maximum atomic E-state index is 8.54. The molecule has 0 fully saturated rings. The van der Waals surface area contributed by atoms with Gasteiger partial charge < -0.3 is 10.3 Å². The standard InChI is InChI=1S/C10H17N5/c1-14(5-3-9(12)7-11)8-10-13-4-6-15(10)2/h4,6,9H,3,5,8,12H2,1-2H3. The zero-order valence-corrected chi connectivity index (χ0v) is 9.22. The Morgan fingerprint density at radius 1 is 1.73 bits per heavy atom. The summed E-state index contributed by atoms with van der Waals surface area (Å²) in [6.45, 7) is 1.59. The lowest BCUT2D eigenvalue weighted by Gasteiger charge is -2.16. The summed E-state index contributed by atoms with van der Waals surface area (Å²) in [4.78, 5) is 6.34. The first-order valence-corrected chi connectivity index (χ1v) is 4.93. The molecule has 0 aliphatic rings. The zero-order valence-electron chi connectivity index (χ0n) is 9.22. The maximum absolute atomic E-state index is 8.54. The topological polar surface area (TPSA) is 70.9 Å². The van der Waals surface area contributed by atoms with Gasteiger partial charge in [0.1, 0.15) is 5.82 Å². The SMILES string of the molecule is CN(CCC(N)C#N)Cc1nccn1C. The first-order chi connectivity index (χ1) is 7.13. The van der Waals surface area contributed by atoms with Crippen LogP contribution in [-0.2, 0) is 13.6 Å². The van der Waals surface area contributed by atoms with E-state index in [1.807, 2.05) is 30.9 Å². The largest absolute Gasteiger partial charge is 0.337 e. The number of nitrogens with two attached hydrogens (primary N) is 1. The Morgan fingerprint density at radius 3 is 3.00 bits per heavy atom. The average molecular weight is 207 g/mol. The fourth-order valence-corrected chi connectivity index (χ4v) is 1.29. The number of aromatic nitrogens is 2. The van der Waals surface area contributed by atoms with Crippen LogP contribution in [0.4, 0.5) is 0 Å². The van der Waals surface area contributed by atoms with Crippen molar-refractivity contribution in [3.8, 4) is 6.07 Å². The zero-order chi connectivity index (χ0) is 11.3. The van der Waals surface area contributed by atoms with Crippen LogP contribution < -0.4 is 5.73 Å². The highest BCUT2D eigenvalue weighted by Crippen LogP contribution is 2.00. The van der Waals surface area contributed by atoms with Gasteiger partial charge in [-0.15, -0.1) is 0 Å². The molecule has 0 aromatic carbocycles. The highest BCUT2D eigenvalue weighted by Gasteiger charge is 2.06. The second-order valence-electron chi connectivity index (χ2n) is 3.72. The van der Waals surface area contributed by atoms with Crippen molar-refractivity contribution in [1.82, 2.24) is 14.5 Å². The molecule has 0 spiro atoms. The molecular formula is C10H17N5. The molecule has 0 aliphatic carbocycles. The molecule has 0 saturated heterocycles. The molecule has 0 bridgehead atoms. The summed E-state index contributed by atoms with van der Waals surface area (Å²) >= 11 is 0. The Labute approximate surface area is 90.1 Å². The molecule has 0 aliphatic heterocycles. The van der Waals surface area contributed by atoms with Gasteiger partial charge in [-0.1, -0.05) is 0 Å². The molecular weight excluding hydrogens is 190 g/mol. The molecule has 5 nitrogen and oxygen atoms in total. The smallest absolute Gasteiger partial charge is 0.122 e. The van der Waals surface area contributed by atoms with E-state index in [-0.39, 0.29) is 6.04 Å². The van der Waals surface area contributed by atoms with Crippen LogP contribution >= 0.6 is 0 Å². The molecule has 2 N–H and O–H groups in total. The van der Waals surface area contributed by atoms with Gasteiger partial charge in [-0.05, 0) is 13.5 Å². The van der Waals surface area contributed by atoms with Crippen LogP contribution in [0, 0.1) is 11.3 Å². The van der Waals surface area contributed by atoms with Crippen LogP contribution in [0.2, 0.25) is 0 Å². The minimum Gasteiger partial charge on any atom is -0.337 e. The fourth-order valence-electron chi connectivity index (χ4n) is 1.29. The van der Waals surface area contributed by atoms with Crippen LogP contribution in [0.1, 0.15) is 12.2 Å². The molecule has 1 atom stereocenters. The Hall–Kier alpha value is -1.38. The second kappa shape index (κ2) is 5.49. The lowest BCUT2D eigenvalue weighted by molar-refractivity contribution is 0.307. The number of nitrogens with zero attached hydrogens (tertiary/aromatic N) is 4. The molecule has 0 amide bonds. The molecule has 1 unspecified atom stereocenters. The van der Waals surface area contributed by atoms with E-state index in [0.29, 0.717) is 6.42 Å². The van der Waals surface area contributed by atoms with Crippen LogP contribution in [0.15, 0.2) is 12.4 Å². The van der Waals surface area contributed by atoms with Gasteiger partial charge in [-0.2, -0.15) is 5.26 Å². The predicted octanol–water partition coefficient (Wildman–Crippen LogP) is 0.0929. The Balaban J connectivity index is 2.34. The number of hydrogen-bond donors (Lipinski definition) is 1. The number of imidazole rings is 1. The molecule has 1 heterocycles. The van der Waals surface area contributed by atoms with E-state index in [0.717, 1.165) is 18.9 Å². The molecule has 1 rings (SSSR count). The third kappa shape index (κ3) is 3.70. The van der Waals surface area contributed by atoms with E-state index in [9.17, 15) is 0 Å². The average Bonchev–Trinajstić information content (AvgIpc) is 2.61. The van der Waals surface area contributed by atoms with Gasteiger partial charge in [0.25, 0.3) is 0 Å². The van der Waals surface area contributed by atoms with Gasteiger partial charge in [0, 0.05) is 26.0 Å². The van der Waals surface area contributed by atoms with E-state index in [1.165, 1.54) is 0 Å². The lowest BCUT2D eigenvalue weighted by atomic mass is 10.2. The first kappa shape index (κ1) is 11.7. The van der Waals surface area contributed by atoms with Crippen LogP contribution in [0.3, 0.4) is 0 Å². The fraction of sp³-hybridized carbons (Fsp3) is 0.600. The minimum absolute atomic E-state index is 0.367. The van der Waals surface area contributed by atoms with Gasteiger partial charge >= 0.3 is 0 Å². The van der Waals surface area contributed by atoms with Gasteiger partial charge in [0.2, 0.25) is 0 Å². The van der Waals surface area contributed by atoms with Crippen LogP contribution in [0.25, 0.3) is 0 Å². The normalized spacial score (nSPS) is 12.7. The van der Waals surface area contributed by atoms with E-state index < -0.39 is 0 Å². The van der Waals surface area contributed by atoms with Gasteiger partial charge in [-0.25, -0.2) is 4.98 Å². The summed E-state index contributed by atoms with van der Waals surface area (Å²) in [6.07, 6.45) is 4.39. The van der Waals surface area contributed by atoms with E-state index in [2.05, 4.69) is 9.88 Å². The van der Waals surface area contributed by atoms with Crippen molar-refractivity contribution >= 4 is 0 Å². The van der Waals surface area contributed by atoms with Crippen LogP contribution in [0.5, 0.6) is 0 Å². The van der Waals surface area contributed by atoms with Crippen molar-refractivity contribution in [3.05, 3.63) is 18.2 Å². The van der Waals surface area contributed by atoms with Crippen molar-refractivity contribution < 1.29 is 0 Å². The Kier molecular flexibility index (Phi) is 4.28. The summed E-state index contributed by atoms with van der Waals surface area (Å²) in [5.41, 5.74) is 5.52. The molecule has 1 aromatic rings. The van der Waals surface area contributed by atoms with Crippen molar-refractivity contribution in [2.24, 2.45) is 12.8 Å². The molecule has 0 saturated carbocycles. The van der Waals surface area contributed by atoms with Crippen molar-refractivity contribution in [2.45, 2.75) is 19.0 Å². The van der Waals surface area contributed by atoms with E-state index in [1.54, 1.807) is 6.20 Å². The summed E-state index contributed by atoms with van der Waals surface area (Å²) in [5.74, 6) is 1.02. The predicted molar refractivity (Wildman–Crippen MR) is 57.7 cm³/mol. The lowest BCUT2D eigenvalue weighted by Crippen LogP contribution is -2.27. The number of nitriles is 1. The molecule has 5 heteroatoms. The molecule has 0 radical (unpaired) electrons. The number of rotatable bonds is 5. The van der Waals surface area contributed by atoms with Gasteiger partial charge in [0.15, 0.2) is 0 Å². The first-order valence-electron chi connectivity index (χ1n) is 4.93. The van der Waals surface area contributed by atoms with Crippen molar-refractivity contribution in [3.63, 3.8) is 0 Å². The monoisotopic (exact) mass is 207 g/mol. The third-order valence-electron chi connectivity index (χ3n) is 2.32. The highest BCUT2D eigenvalue weighted by atomic mass is 15.1. The molecule has 82 valence electrons. The van der Waals surface area contributed by atoms with E-state index in [4.69, 9.17) is 11.0 Å². The third-order valence-corrected chi connectivity index (χ3v) is 2.32. The number of hydrogen-bond acceptors (Lipinski definition) is 4. The summed E-state index contributed by atoms with van der Waals surface area (Å²) in [5, 5.41) is 8.54. The number of aryl methyl sites for hydroxylation is 1. The Bertz CT molecular complexity index is 338.